The predicted octanol–water partition coefficient (Wildman–Crippen LogP) is 3.28. The highest BCUT2D eigenvalue weighted by Gasteiger charge is 2.43. The van der Waals surface area contributed by atoms with E-state index in [9.17, 15) is 9.59 Å². The van der Waals surface area contributed by atoms with Crippen LogP contribution in [0.5, 0.6) is 0 Å². The lowest BCUT2D eigenvalue weighted by molar-refractivity contribution is -0.127. The maximum Gasteiger partial charge on any atom is 0.315 e. The van der Waals surface area contributed by atoms with Crippen LogP contribution in [0.4, 0.5) is 4.79 Å². The van der Waals surface area contributed by atoms with Crippen molar-refractivity contribution < 1.29 is 9.59 Å². The van der Waals surface area contributed by atoms with Gasteiger partial charge in [0.2, 0.25) is 5.91 Å². The third-order valence-electron chi connectivity index (χ3n) is 6.39. The first-order chi connectivity index (χ1) is 14.4. The van der Waals surface area contributed by atoms with Crippen LogP contribution in [0.2, 0.25) is 0 Å². The van der Waals surface area contributed by atoms with E-state index in [0.29, 0.717) is 31.2 Å². The third-order valence-corrected chi connectivity index (χ3v) is 6.39. The number of piperidine rings is 1. The second-order valence-corrected chi connectivity index (χ2v) is 9.62. The van der Waals surface area contributed by atoms with Crippen molar-refractivity contribution in [3.8, 4) is 0 Å². The normalized spacial score (nSPS) is 24.8. The number of likely N-dealkylation sites (tertiary alicyclic amines) is 1. The highest BCUT2D eigenvalue weighted by atomic mass is 16.2. The largest absolute Gasteiger partial charge is 0.350 e. The average molecular weight is 415 g/mol. The molecule has 1 heterocycles. The third kappa shape index (κ3) is 6.21. The summed E-state index contributed by atoms with van der Waals surface area (Å²) in [5.74, 6) is 1.36. The number of hydrogen-bond acceptors (Lipinski definition) is 3. The first kappa shape index (κ1) is 22.6. The summed E-state index contributed by atoms with van der Waals surface area (Å²) >= 11 is 0. The highest BCUT2D eigenvalue weighted by molar-refractivity contribution is 5.91. The van der Waals surface area contributed by atoms with Crippen LogP contribution in [0.1, 0.15) is 58.4 Å². The van der Waals surface area contributed by atoms with Gasteiger partial charge < -0.3 is 20.9 Å². The molecular formula is C24H38N4O2. The molecule has 6 heteroatoms. The summed E-state index contributed by atoms with van der Waals surface area (Å²) < 4.78 is 0. The molecule has 0 bridgehead atoms. The molecule has 2 fully saturated rings. The van der Waals surface area contributed by atoms with Crippen molar-refractivity contribution in [3.05, 3.63) is 35.9 Å². The van der Waals surface area contributed by atoms with Gasteiger partial charge >= 0.3 is 6.03 Å². The SMILES string of the molecule is CC1CC(C)CN(CC(C)NC(=O)C2(NC(=O)NCc3ccccc3)CCCC2)C1. The molecule has 1 saturated heterocycles. The molecule has 3 rings (SSSR count). The van der Waals surface area contributed by atoms with E-state index in [1.807, 2.05) is 30.3 Å². The van der Waals surface area contributed by atoms with Gasteiger partial charge in [-0.25, -0.2) is 4.79 Å². The Hall–Kier alpha value is -2.08. The Bertz CT molecular complexity index is 692. The standard InChI is InChI=1S/C24H38N4O2/c1-18-13-19(2)16-28(15-18)17-20(3)26-22(29)24(11-7-8-12-24)27-23(30)25-14-21-9-5-4-6-10-21/h4-6,9-10,18-20H,7-8,11-17H2,1-3H3,(H,26,29)(H2,25,27,30). The molecule has 0 aromatic heterocycles. The Morgan fingerprint density at radius 3 is 2.37 bits per heavy atom. The van der Waals surface area contributed by atoms with Gasteiger partial charge in [0.25, 0.3) is 0 Å². The zero-order valence-electron chi connectivity index (χ0n) is 18.7. The minimum Gasteiger partial charge on any atom is -0.350 e. The summed E-state index contributed by atoms with van der Waals surface area (Å²) in [6, 6.07) is 9.58. The number of carbonyl (C=O) groups excluding carboxylic acids is 2. The Balaban J connectivity index is 1.52. The Morgan fingerprint density at radius 1 is 1.10 bits per heavy atom. The van der Waals surface area contributed by atoms with Gasteiger partial charge in [0.1, 0.15) is 5.54 Å². The summed E-state index contributed by atoms with van der Waals surface area (Å²) in [4.78, 5) is 28.2. The van der Waals surface area contributed by atoms with Gasteiger partial charge in [0.15, 0.2) is 0 Å². The van der Waals surface area contributed by atoms with Gasteiger partial charge in [-0.2, -0.15) is 0 Å². The molecule has 1 aliphatic heterocycles. The van der Waals surface area contributed by atoms with Gasteiger partial charge in [-0.1, -0.05) is 57.0 Å². The van der Waals surface area contributed by atoms with Crippen molar-refractivity contribution in [2.24, 2.45) is 11.8 Å². The lowest BCUT2D eigenvalue weighted by Crippen LogP contribution is -2.61. The predicted molar refractivity (Wildman–Crippen MR) is 120 cm³/mol. The van der Waals surface area contributed by atoms with Crippen LogP contribution < -0.4 is 16.0 Å². The minimum atomic E-state index is -0.794. The van der Waals surface area contributed by atoms with Crippen molar-refractivity contribution in [2.45, 2.75) is 71.0 Å². The van der Waals surface area contributed by atoms with E-state index >= 15 is 0 Å². The number of rotatable bonds is 7. The maximum atomic E-state index is 13.2. The molecule has 1 saturated carbocycles. The van der Waals surface area contributed by atoms with Gasteiger partial charge in [-0.15, -0.1) is 0 Å². The molecule has 30 heavy (non-hydrogen) atoms. The number of benzene rings is 1. The number of nitrogens with one attached hydrogen (secondary N) is 3. The molecule has 3 atom stereocenters. The van der Waals surface area contributed by atoms with E-state index in [1.54, 1.807) is 0 Å². The van der Waals surface area contributed by atoms with Crippen LogP contribution in [0.15, 0.2) is 30.3 Å². The van der Waals surface area contributed by atoms with Crippen LogP contribution in [-0.4, -0.2) is 48.1 Å². The molecule has 0 spiro atoms. The summed E-state index contributed by atoms with van der Waals surface area (Å²) in [6.07, 6.45) is 4.59. The highest BCUT2D eigenvalue weighted by Crippen LogP contribution is 2.30. The second-order valence-electron chi connectivity index (χ2n) is 9.62. The number of hydrogen-bond donors (Lipinski definition) is 3. The Kier molecular flexibility index (Phi) is 7.75. The number of urea groups is 1. The fraction of sp³-hybridized carbons (Fsp3) is 0.667. The summed E-state index contributed by atoms with van der Waals surface area (Å²) in [5, 5.41) is 9.10. The van der Waals surface area contributed by atoms with Crippen LogP contribution in [0, 0.1) is 11.8 Å². The van der Waals surface area contributed by atoms with E-state index < -0.39 is 5.54 Å². The average Bonchev–Trinajstić information content (AvgIpc) is 3.16. The number of carbonyl (C=O) groups is 2. The molecular weight excluding hydrogens is 376 g/mol. The van der Waals surface area contributed by atoms with Gasteiger partial charge in [0, 0.05) is 32.2 Å². The number of nitrogens with zero attached hydrogens (tertiary/aromatic N) is 1. The van der Waals surface area contributed by atoms with E-state index in [2.05, 4.69) is 41.6 Å². The molecule has 3 N–H and O–H groups in total. The molecule has 1 aromatic carbocycles. The lowest BCUT2D eigenvalue weighted by Gasteiger charge is -2.37. The molecule has 166 valence electrons. The summed E-state index contributed by atoms with van der Waals surface area (Å²) in [5.41, 5.74) is 0.244. The summed E-state index contributed by atoms with van der Waals surface area (Å²) in [6.45, 7) is 10.2. The fourth-order valence-electron chi connectivity index (χ4n) is 5.16. The maximum absolute atomic E-state index is 13.2. The summed E-state index contributed by atoms with van der Waals surface area (Å²) in [7, 11) is 0. The van der Waals surface area contributed by atoms with Gasteiger partial charge in [0.05, 0.1) is 0 Å². The zero-order chi connectivity index (χ0) is 21.6. The van der Waals surface area contributed by atoms with Crippen LogP contribution in [-0.2, 0) is 11.3 Å². The van der Waals surface area contributed by atoms with E-state index in [4.69, 9.17) is 0 Å². The fourth-order valence-corrected chi connectivity index (χ4v) is 5.16. The molecule has 6 nitrogen and oxygen atoms in total. The van der Waals surface area contributed by atoms with Gasteiger partial charge in [-0.3, -0.25) is 4.79 Å². The molecule has 3 unspecified atom stereocenters. The first-order valence-corrected chi connectivity index (χ1v) is 11.5. The van der Waals surface area contributed by atoms with Crippen LogP contribution >= 0.6 is 0 Å². The van der Waals surface area contributed by atoms with Crippen molar-refractivity contribution in [1.82, 2.24) is 20.9 Å². The monoisotopic (exact) mass is 414 g/mol. The molecule has 3 amide bonds. The van der Waals surface area contributed by atoms with E-state index in [0.717, 1.165) is 38.0 Å². The molecule has 2 aliphatic rings. The van der Waals surface area contributed by atoms with E-state index in [1.165, 1.54) is 6.42 Å². The van der Waals surface area contributed by atoms with Crippen molar-refractivity contribution in [1.29, 1.82) is 0 Å². The van der Waals surface area contributed by atoms with Crippen molar-refractivity contribution >= 4 is 11.9 Å². The molecule has 1 aromatic rings. The topological polar surface area (TPSA) is 73.5 Å². The Morgan fingerprint density at radius 2 is 1.73 bits per heavy atom. The van der Waals surface area contributed by atoms with Gasteiger partial charge in [-0.05, 0) is 43.6 Å². The zero-order valence-corrected chi connectivity index (χ0v) is 18.7. The van der Waals surface area contributed by atoms with Crippen LogP contribution in [0.25, 0.3) is 0 Å². The van der Waals surface area contributed by atoms with Crippen molar-refractivity contribution in [2.75, 3.05) is 19.6 Å². The lowest BCUT2D eigenvalue weighted by atomic mass is 9.91. The quantitative estimate of drug-likeness (QED) is 0.641. The second kappa shape index (κ2) is 10.3. The number of amides is 3. The molecule has 1 aliphatic carbocycles. The molecule has 0 radical (unpaired) electrons. The smallest absolute Gasteiger partial charge is 0.315 e. The first-order valence-electron chi connectivity index (χ1n) is 11.5. The van der Waals surface area contributed by atoms with Crippen LogP contribution in [0.3, 0.4) is 0 Å². The van der Waals surface area contributed by atoms with E-state index in [-0.39, 0.29) is 18.0 Å². The Labute approximate surface area is 181 Å². The van der Waals surface area contributed by atoms with Crippen molar-refractivity contribution in [3.63, 3.8) is 0 Å². The minimum absolute atomic E-state index is 0.0412.